The van der Waals surface area contributed by atoms with E-state index >= 15 is 0 Å². The lowest BCUT2D eigenvalue weighted by molar-refractivity contribution is 0.370. The van der Waals surface area contributed by atoms with E-state index in [-0.39, 0.29) is 5.88 Å². The zero-order chi connectivity index (χ0) is 7.56. The van der Waals surface area contributed by atoms with Gasteiger partial charge in [-0.05, 0) is 6.07 Å². The monoisotopic (exact) mass is 143 g/mol. The van der Waals surface area contributed by atoms with Gasteiger partial charge in [0.25, 0.3) is 5.95 Å². The molecule has 3 nitrogen and oxygen atoms in total. The molecule has 0 fully saturated rings. The van der Waals surface area contributed by atoms with Gasteiger partial charge in [-0.1, -0.05) is 0 Å². The number of hydrogen-bond donors (Lipinski definition) is 1. The maximum Gasteiger partial charge on any atom is 0.258 e. The van der Waals surface area contributed by atoms with Crippen molar-refractivity contribution in [1.82, 2.24) is 4.98 Å². The van der Waals surface area contributed by atoms with Crippen LogP contribution in [0.2, 0.25) is 0 Å². The Morgan fingerprint density at radius 2 is 2.30 bits per heavy atom. The van der Waals surface area contributed by atoms with Crippen molar-refractivity contribution in [2.45, 2.75) is 0 Å². The minimum Gasteiger partial charge on any atom is -0.504 e. The van der Waals surface area contributed by atoms with Crippen molar-refractivity contribution in [1.29, 1.82) is 0 Å². The molecule has 10 heavy (non-hydrogen) atoms. The van der Waals surface area contributed by atoms with Gasteiger partial charge < -0.3 is 9.84 Å². The first-order chi connectivity index (χ1) is 4.74. The highest BCUT2D eigenvalue weighted by molar-refractivity contribution is 5.22. The first-order valence-corrected chi connectivity index (χ1v) is 2.63. The lowest BCUT2D eigenvalue weighted by atomic mass is 10.4. The third-order valence-corrected chi connectivity index (χ3v) is 1.01. The Hall–Kier alpha value is -1.32. The van der Waals surface area contributed by atoms with E-state index in [0.29, 0.717) is 0 Å². The zero-order valence-electron chi connectivity index (χ0n) is 5.34. The molecule has 0 aliphatic heterocycles. The third-order valence-electron chi connectivity index (χ3n) is 1.01. The van der Waals surface area contributed by atoms with Crippen LogP contribution in [0.4, 0.5) is 4.39 Å². The quantitative estimate of drug-likeness (QED) is 0.595. The second-order valence-corrected chi connectivity index (χ2v) is 1.66. The number of ether oxygens (including phenoxy) is 1. The van der Waals surface area contributed by atoms with Crippen LogP contribution >= 0.6 is 0 Å². The molecule has 0 saturated heterocycles. The van der Waals surface area contributed by atoms with Crippen LogP contribution in [0.1, 0.15) is 0 Å². The molecule has 0 aliphatic carbocycles. The van der Waals surface area contributed by atoms with Crippen LogP contribution in [0, 0.1) is 5.95 Å². The summed E-state index contributed by atoms with van der Waals surface area (Å²) in [7, 11) is 1.37. The summed E-state index contributed by atoms with van der Waals surface area (Å²) in [4.78, 5) is 3.25. The second-order valence-electron chi connectivity index (χ2n) is 1.66. The predicted octanol–water partition coefficient (Wildman–Crippen LogP) is 0.935. The number of nitrogens with zero attached hydrogens (tertiary/aromatic N) is 1. The summed E-state index contributed by atoms with van der Waals surface area (Å²) in [6.07, 6.45) is 0. The van der Waals surface area contributed by atoms with Gasteiger partial charge in [-0.3, -0.25) is 0 Å². The number of rotatable bonds is 1. The maximum absolute atomic E-state index is 12.3. The molecule has 0 bridgehead atoms. The van der Waals surface area contributed by atoms with Gasteiger partial charge in [0.1, 0.15) is 0 Å². The molecule has 1 aromatic rings. The second kappa shape index (κ2) is 2.51. The smallest absolute Gasteiger partial charge is 0.258 e. The number of pyridine rings is 1. The van der Waals surface area contributed by atoms with E-state index in [1.54, 1.807) is 0 Å². The highest BCUT2D eigenvalue weighted by Gasteiger charge is 2.01. The minimum absolute atomic E-state index is 0.148. The lowest BCUT2D eigenvalue weighted by Crippen LogP contribution is -1.89. The van der Waals surface area contributed by atoms with Crippen molar-refractivity contribution < 1.29 is 14.2 Å². The molecule has 0 amide bonds. The van der Waals surface area contributed by atoms with Crippen molar-refractivity contribution in [2.24, 2.45) is 0 Å². The lowest BCUT2D eigenvalue weighted by Gasteiger charge is -1.97. The third kappa shape index (κ3) is 1.15. The molecule has 0 unspecified atom stereocenters. The highest BCUT2D eigenvalue weighted by Crippen LogP contribution is 2.15. The number of halogens is 1. The normalized spacial score (nSPS) is 9.40. The summed E-state index contributed by atoms with van der Waals surface area (Å²) < 4.78 is 16.9. The van der Waals surface area contributed by atoms with Crippen molar-refractivity contribution in [3.63, 3.8) is 0 Å². The average Bonchev–Trinajstić information content (AvgIpc) is 1.95. The van der Waals surface area contributed by atoms with Crippen molar-refractivity contribution in [3.8, 4) is 11.6 Å². The minimum atomic E-state index is -0.917. The Balaban J connectivity index is 3.04. The van der Waals surface area contributed by atoms with E-state index in [1.807, 2.05) is 0 Å². The van der Waals surface area contributed by atoms with E-state index in [0.717, 1.165) is 0 Å². The Morgan fingerprint density at radius 3 is 2.80 bits per heavy atom. The first-order valence-electron chi connectivity index (χ1n) is 2.63. The van der Waals surface area contributed by atoms with Crippen LogP contribution in [0.25, 0.3) is 0 Å². The summed E-state index contributed by atoms with van der Waals surface area (Å²) in [5.74, 6) is -1.24. The van der Waals surface area contributed by atoms with E-state index in [9.17, 15) is 4.39 Å². The molecule has 54 valence electrons. The average molecular weight is 143 g/mol. The summed E-state index contributed by atoms with van der Waals surface area (Å²) >= 11 is 0. The molecule has 0 radical (unpaired) electrons. The topological polar surface area (TPSA) is 42.4 Å². The van der Waals surface area contributed by atoms with Gasteiger partial charge in [0, 0.05) is 6.07 Å². The molecule has 0 spiro atoms. The molecule has 1 heterocycles. The summed E-state index contributed by atoms with van der Waals surface area (Å²) in [6, 6.07) is 2.56. The molecule has 0 saturated carbocycles. The zero-order valence-corrected chi connectivity index (χ0v) is 5.34. The van der Waals surface area contributed by atoms with Crippen LogP contribution in [-0.4, -0.2) is 17.2 Å². The van der Waals surface area contributed by atoms with Crippen LogP contribution < -0.4 is 4.74 Å². The molecular formula is C6H6FNO2. The molecule has 0 aliphatic rings. The number of aromatic nitrogens is 1. The summed E-state index contributed by atoms with van der Waals surface area (Å²) in [6.45, 7) is 0. The fraction of sp³-hybridized carbons (Fsp3) is 0.167. The van der Waals surface area contributed by atoms with Crippen molar-refractivity contribution >= 4 is 0 Å². The molecule has 1 aromatic heterocycles. The number of methoxy groups -OCH3 is 1. The maximum atomic E-state index is 12.3. The Bertz CT molecular complexity index is 239. The summed E-state index contributed by atoms with van der Waals surface area (Å²) in [5.41, 5.74) is 0. The van der Waals surface area contributed by atoms with Crippen LogP contribution in [0.3, 0.4) is 0 Å². The van der Waals surface area contributed by atoms with E-state index in [1.165, 1.54) is 19.2 Å². The molecular weight excluding hydrogens is 137 g/mol. The highest BCUT2D eigenvalue weighted by atomic mass is 19.1. The van der Waals surface area contributed by atoms with Crippen molar-refractivity contribution in [2.75, 3.05) is 7.11 Å². The van der Waals surface area contributed by atoms with E-state index < -0.39 is 11.7 Å². The Morgan fingerprint density at radius 1 is 1.60 bits per heavy atom. The van der Waals surface area contributed by atoms with Crippen LogP contribution in [-0.2, 0) is 0 Å². The van der Waals surface area contributed by atoms with E-state index in [4.69, 9.17) is 5.11 Å². The number of aromatic hydroxyl groups is 1. The first kappa shape index (κ1) is 6.80. The van der Waals surface area contributed by atoms with Gasteiger partial charge in [-0.25, -0.2) is 0 Å². The SMILES string of the molecule is COc1ccc(O)c(F)n1. The summed E-state index contributed by atoms with van der Waals surface area (Å²) in [5, 5.41) is 8.65. The van der Waals surface area contributed by atoms with Gasteiger partial charge in [-0.15, -0.1) is 0 Å². The van der Waals surface area contributed by atoms with E-state index in [2.05, 4.69) is 9.72 Å². The predicted molar refractivity (Wildman–Crippen MR) is 32.4 cm³/mol. The van der Waals surface area contributed by atoms with Crippen LogP contribution in [0.5, 0.6) is 11.6 Å². The van der Waals surface area contributed by atoms with Crippen molar-refractivity contribution in [3.05, 3.63) is 18.1 Å². The Labute approximate surface area is 57.1 Å². The molecule has 0 aromatic carbocycles. The van der Waals surface area contributed by atoms with Gasteiger partial charge >= 0.3 is 0 Å². The number of hydrogen-bond acceptors (Lipinski definition) is 3. The standard InChI is InChI=1S/C6H6FNO2/c1-10-5-3-2-4(9)6(7)8-5/h2-3,9H,1H3. The fourth-order valence-electron chi connectivity index (χ4n) is 0.524. The molecule has 0 atom stereocenters. The molecule has 1 rings (SSSR count). The van der Waals surface area contributed by atoms with Crippen LogP contribution in [0.15, 0.2) is 12.1 Å². The molecule has 4 heteroatoms. The van der Waals surface area contributed by atoms with Gasteiger partial charge in [0.15, 0.2) is 5.75 Å². The molecule has 1 N–H and O–H groups in total. The largest absolute Gasteiger partial charge is 0.504 e. The fourth-order valence-corrected chi connectivity index (χ4v) is 0.524. The van der Waals surface area contributed by atoms with Gasteiger partial charge in [-0.2, -0.15) is 9.37 Å². The van der Waals surface area contributed by atoms with Gasteiger partial charge in [0.05, 0.1) is 7.11 Å². The Kier molecular flexibility index (Phi) is 1.71. The van der Waals surface area contributed by atoms with Gasteiger partial charge in [0.2, 0.25) is 5.88 Å².